The largest absolute Gasteiger partial charge is 0.480 e. The third-order valence-corrected chi connectivity index (χ3v) is 6.61. The lowest BCUT2D eigenvalue weighted by Crippen LogP contribution is -2.45. The molecule has 10 heteroatoms. The summed E-state index contributed by atoms with van der Waals surface area (Å²) < 4.78 is 5.94. The van der Waals surface area contributed by atoms with E-state index in [0.29, 0.717) is 22.6 Å². The summed E-state index contributed by atoms with van der Waals surface area (Å²) in [5.74, 6) is -0.920. The van der Waals surface area contributed by atoms with Crippen LogP contribution < -0.4 is 0 Å². The zero-order valence-electron chi connectivity index (χ0n) is 17.8. The number of carboxylic acids is 1. The van der Waals surface area contributed by atoms with Crippen LogP contribution in [-0.4, -0.2) is 37.2 Å². The van der Waals surface area contributed by atoms with Gasteiger partial charge in [0.15, 0.2) is 0 Å². The maximum atomic E-state index is 13.1. The Kier molecular flexibility index (Phi) is 6.62. The van der Waals surface area contributed by atoms with Gasteiger partial charge in [0.2, 0.25) is 0 Å². The summed E-state index contributed by atoms with van der Waals surface area (Å²) in [6.45, 7) is 1.65. The molecule has 34 heavy (non-hydrogen) atoms. The smallest absolute Gasteiger partial charge is 0.327 e. The molecule has 1 fully saturated rings. The molecule has 1 aliphatic heterocycles. The van der Waals surface area contributed by atoms with E-state index in [1.165, 1.54) is 12.1 Å². The van der Waals surface area contributed by atoms with E-state index in [0.717, 1.165) is 22.2 Å². The maximum absolute atomic E-state index is 13.1. The van der Waals surface area contributed by atoms with Gasteiger partial charge in [-0.05, 0) is 24.6 Å². The second kappa shape index (κ2) is 9.62. The number of benzene rings is 2. The molecule has 3 aromatic rings. The van der Waals surface area contributed by atoms with Crippen molar-refractivity contribution < 1.29 is 24.0 Å². The number of hydrogen-bond acceptors (Lipinski definition) is 7. The first-order valence-corrected chi connectivity index (χ1v) is 11.4. The number of carbonyl (C=O) groups is 2. The van der Waals surface area contributed by atoms with Crippen molar-refractivity contribution in [3.8, 4) is 11.3 Å². The molecule has 1 amide bonds. The molecule has 2 heterocycles. The molecular formula is C24H18N2O6S2. The Morgan fingerprint density at radius 3 is 2.65 bits per heavy atom. The van der Waals surface area contributed by atoms with Gasteiger partial charge in [0.1, 0.15) is 21.9 Å². The van der Waals surface area contributed by atoms with Gasteiger partial charge in [0, 0.05) is 29.7 Å². The van der Waals surface area contributed by atoms with E-state index in [2.05, 4.69) is 0 Å². The highest BCUT2D eigenvalue weighted by atomic mass is 32.2. The van der Waals surface area contributed by atoms with E-state index in [1.54, 1.807) is 55.5 Å². The van der Waals surface area contributed by atoms with Crippen molar-refractivity contribution >= 4 is 51.9 Å². The van der Waals surface area contributed by atoms with Gasteiger partial charge in [-0.25, -0.2) is 4.79 Å². The number of nitro groups is 1. The van der Waals surface area contributed by atoms with Crippen molar-refractivity contribution in [2.45, 2.75) is 19.4 Å². The SMILES string of the molecule is Cc1ccc(-c2ccc(/C=C3/SC(=S)N([C@H](Cc4ccccc4)C(=O)O)C3=O)o2)cc1[N+](=O)[O-]. The molecule has 1 N–H and O–H groups in total. The topological polar surface area (TPSA) is 114 Å². The predicted molar refractivity (Wildman–Crippen MR) is 132 cm³/mol. The van der Waals surface area contributed by atoms with Crippen LogP contribution in [0.5, 0.6) is 0 Å². The first-order valence-electron chi connectivity index (χ1n) is 10.1. The summed E-state index contributed by atoms with van der Waals surface area (Å²) in [7, 11) is 0. The number of aliphatic carboxylic acids is 1. The first-order chi connectivity index (χ1) is 16.2. The molecule has 0 spiro atoms. The number of aryl methyl sites for hydroxylation is 1. The highest BCUT2D eigenvalue weighted by molar-refractivity contribution is 8.26. The van der Waals surface area contributed by atoms with Gasteiger partial charge in [0.05, 0.1) is 9.83 Å². The quantitative estimate of drug-likeness (QED) is 0.210. The number of thiocarbonyl (C=S) groups is 1. The van der Waals surface area contributed by atoms with E-state index in [4.69, 9.17) is 16.6 Å². The molecule has 0 saturated carbocycles. The van der Waals surface area contributed by atoms with Gasteiger partial charge in [-0.1, -0.05) is 66.4 Å². The van der Waals surface area contributed by atoms with E-state index in [-0.39, 0.29) is 21.3 Å². The Morgan fingerprint density at radius 2 is 1.97 bits per heavy atom. The van der Waals surface area contributed by atoms with Crippen molar-refractivity contribution in [3.05, 3.63) is 92.6 Å². The third kappa shape index (κ3) is 4.78. The van der Waals surface area contributed by atoms with Crippen LogP contribution in [-0.2, 0) is 16.0 Å². The fourth-order valence-corrected chi connectivity index (χ4v) is 4.89. The number of hydrogen-bond donors (Lipinski definition) is 1. The average Bonchev–Trinajstić information content (AvgIpc) is 3.37. The molecule has 0 bridgehead atoms. The number of nitro benzene ring substituents is 1. The Labute approximate surface area is 204 Å². The minimum absolute atomic E-state index is 0.0190. The first kappa shape index (κ1) is 23.4. The Hall–Kier alpha value is -3.76. The zero-order chi connectivity index (χ0) is 24.4. The van der Waals surface area contributed by atoms with Gasteiger partial charge in [-0.3, -0.25) is 19.8 Å². The van der Waals surface area contributed by atoms with Crippen molar-refractivity contribution in [3.63, 3.8) is 0 Å². The second-order valence-corrected chi connectivity index (χ2v) is 9.23. The van der Waals surface area contributed by atoms with Crippen LogP contribution in [0.15, 0.2) is 70.0 Å². The fourth-order valence-electron chi connectivity index (χ4n) is 3.55. The van der Waals surface area contributed by atoms with Gasteiger partial charge in [0.25, 0.3) is 11.6 Å². The van der Waals surface area contributed by atoms with Gasteiger partial charge in [-0.15, -0.1) is 0 Å². The molecule has 172 valence electrons. The Balaban J connectivity index is 1.58. The fraction of sp³-hybridized carbons (Fsp3) is 0.125. The van der Waals surface area contributed by atoms with Crippen LogP contribution >= 0.6 is 24.0 Å². The summed E-state index contributed by atoms with van der Waals surface area (Å²) in [4.78, 5) is 37.1. The summed E-state index contributed by atoms with van der Waals surface area (Å²) in [5.41, 5.74) is 1.82. The number of nitrogens with zero attached hydrogens (tertiary/aromatic N) is 2. The lowest BCUT2D eigenvalue weighted by Gasteiger charge is -2.23. The minimum Gasteiger partial charge on any atom is -0.480 e. The molecule has 4 rings (SSSR count). The highest BCUT2D eigenvalue weighted by Crippen LogP contribution is 2.36. The van der Waals surface area contributed by atoms with E-state index in [9.17, 15) is 24.8 Å². The molecule has 0 aliphatic carbocycles. The lowest BCUT2D eigenvalue weighted by molar-refractivity contribution is -0.385. The number of rotatable bonds is 7. The van der Waals surface area contributed by atoms with Crippen LogP contribution in [0.4, 0.5) is 5.69 Å². The Bertz CT molecular complexity index is 1330. The van der Waals surface area contributed by atoms with Crippen LogP contribution in [0.2, 0.25) is 0 Å². The van der Waals surface area contributed by atoms with Crippen molar-refractivity contribution in [1.29, 1.82) is 0 Å². The monoisotopic (exact) mass is 494 g/mol. The molecule has 1 aliphatic rings. The van der Waals surface area contributed by atoms with Crippen LogP contribution in [0.25, 0.3) is 17.4 Å². The molecular weight excluding hydrogens is 476 g/mol. The summed E-state index contributed by atoms with van der Waals surface area (Å²) in [5, 5.41) is 21.0. The molecule has 1 saturated heterocycles. The maximum Gasteiger partial charge on any atom is 0.327 e. The molecule has 1 aromatic heterocycles. The molecule has 1 atom stereocenters. The summed E-state index contributed by atoms with van der Waals surface area (Å²) in [6, 6.07) is 15.9. The summed E-state index contributed by atoms with van der Waals surface area (Å²) in [6.07, 6.45) is 1.61. The van der Waals surface area contributed by atoms with Gasteiger partial charge < -0.3 is 9.52 Å². The number of amides is 1. The molecule has 2 aromatic carbocycles. The van der Waals surface area contributed by atoms with E-state index >= 15 is 0 Å². The van der Waals surface area contributed by atoms with Crippen molar-refractivity contribution in [1.82, 2.24) is 4.90 Å². The minimum atomic E-state index is -1.15. The average molecular weight is 495 g/mol. The summed E-state index contributed by atoms with van der Waals surface area (Å²) >= 11 is 6.33. The number of carboxylic acid groups (broad SMARTS) is 1. The zero-order valence-corrected chi connectivity index (χ0v) is 19.5. The second-order valence-electron chi connectivity index (χ2n) is 7.56. The van der Waals surface area contributed by atoms with Crippen molar-refractivity contribution in [2.24, 2.45) is 0 Å². The lowest BCUT2D eigenvalue weighted by atomic mass is 10.0. The molecule has 0 radical (unpaired) electrons. The number of thioether (sulfide) groups is 1. The van der Waals surface area contributed by atoms with Crippen LogP contribution in [0, 0.1) is 17.0 Å². The number of carbonyl (C=O) groups excluding carboxylic acids is 1. The standard InChI is InChI=1S/C24H18N2O6S2/c1-14-7-8-16(12-18(14)26(30)31)20-10-9-17(32-20)13-21-22(27)25(24(33)34-21)19(23(28)29)11-15-5-3-2-4-6-15/h2-10,12-13,19H,11H2,1H3,(H,28,29)/b21-13+/t19-/m1/s1. The normalized spacial score (nSPS) is 15.7. The third-order valence-electron chi connectivity index (χ3n) is 5.28. The predicted octanol–water partition coefficient (Wildman–Crippen LogP) is 5.06. The molecule has 8 nitrogen and oxygen atoms in total. The molecule has 0 unspecified atom stereocenters. The highest BCUT2D eigenvalue weighted by Gasteiger charge is 2.40. The van der Waals surface area contributed by atoms with Crippen molar-refractivity contribution in [2.75, 3.05) is 0 Å². The van der Waals surface area contributed by atoms with Crippen LogP contribution in [0.3, 0.4) is 0 Å². The van der Waals surface area contributed by atoms with Gasteiger partial charge >= 0.3 is 5.97 Å². The van der Waals surface area contributed by atoms with E-state index < -0.39 is 22.8 Å². The van der Waals surface area contributed by atoms with Crippen LogP contribution in [0.1, 0.15) is 16.9 Å². The van der Waals surface area contributed by atoms with Gasteiger partial charge in [-0.2, -0.15) is 0 Å². The number of furan rings is 1. The Morgan fingerprint density at radius 1 is 1.24 bits per heavy atom. The van der Waals surface area contributed by atoms with E-state index in [1.807, 2.05) is 6.07 Å².